The Balaban J connectivity index is 2.41. The Bertz CT molecular complexity index is 428. The summed E-state index contributed by atoms with van der Waals surface area (Å²) in [5, 5.41) is 6.00. The van der Waals surface area contributed by atoms with Crippen LogP contribution in [-0.4, -0.2) is 19.0 Å². The van der Waals surface area contributed by atoms with Crippen LogP contribution < -0.4 is 5.32 Å². The fraction of sp³-hybridized carbons (Fsp3) is 0.375. The predicted octanol–water partition coefficient (Wildman–Crippen LogP) is 3.49. The Kier molecular flexibility index (Phi) is 5.42. The zero-order chi connectivity index (χ0) is 12.0. The Morgan fingerprint density at radius 2 is 2.38 bits per heavy atom. The van der Waals surface area contributed by atoms with E-state index in [1.54, 1.807) is 0 Å². The molecule has 0 saturated heterocycles. The van der Waals surface area contributed by atoms with Crippen molar-refractivity contribution >= 4 is 40.4 Å². The summed E-state index contributed by atoms with van der Waals surface area (Å²) >= 11 is 12.7. The molecule has 1 rings (SSSR count). The van der Waals surface area contributed by atoms with Crippen molar-refractivity contribution in [2.24, 2.45) is 5.11 Å². The number of azide groups is 1. The van der Waals surface area contributed by atoms with Gasteiger partial charge in [0, 0.05) is 18.0 Å². The van der Waals surface area contributed by atoms with Crippen LogP contribution in [0.3, 0.4) is 0 Å². The van der Waals surface area contributed by atoms with Gasteiger partial charge >= 0.3 is 0 Å². The van der Waals surface area contributed by atoms with E-state index in [1.165, 1.54) is 6.07 Å². The smallest absolute Gasteiger partial charge is 0.253 e. The van der Waals surface area contributed by atoms with E-state index in [1.807, 2.05) is 0 Å². The van der Waals surface area contributed by atoms with Gasteiger partial charge in [0.25, 0.3) is 5.91 Å². The molecular formula is C8H8Cl2N4OS. The number of rotatable bonds is 5. The number of carbonyl (C=O) groups excluding carboxylic acids is 1. The standard InChI is InChI=1S/C8H8Cl2N4OS/c9-6-4-5(7(10)16-6)8(15)12-2-1-3-13-14-11/h4H,1-3H2,(H,12,15). The van der Waals surface area contributed by atoms with Crippen molar-refractivity contribution in [3.05, 3.63) is 30.7 Å². The summed E-state index contributed by atoms with van der Waals surface area (Å²) < 4.78 is 0.849. The Morgan fingerprint density at radius 1 is 1.62 bits per heavy atom. The van der Waals surface area contributed by atoms with Crippen LogP contribution in [-0.2, 0) is 0 Å². The van der Waals surface area contributed by atoms with Gasteiger partial charge in [-0.25, -0.2) is 0 Å². The molecule has 0 aliphatic carbocycles. The SMILES string of the molecule is [N-]=[N+]=NCCCNC(=O)c1cc(Cl)sc1Cl. The molecule has 1 aromatic rings. The van der Waals surface area contributed by atoms with Crippen molar-refractivity contribution in [1.82, 2.24) is 5.32 Å². The van der Waals surface area contributed by atoms with Gasteiger partial charge < -0.3 is 5.32 Å². The fourth-order valence-electron chi connectivity index (χ4n) is 0.987. The van der Waals surface area contributed by atoms with E-state index < -0.39 is 0 Å². The van der Waals surface area contributed by atoms with Gasteiger partial charge in [-0.15, -0.1) is 11.3 Å². The second kappa shape index (κ2) is 6.60. The molecule has 0 aromatic carbocycles. The van der Waals surface area contributed by atoms with Crippen molar-refractivity contribution < 1.29 is 4.79 Å². The van der Waals surface area contributed by atoms with E-state index in [9.17, 15) is 4.79 Å². The number of hydrogen-bond acceptors (Lipinski definition) is 3. The molecule has 86 valence electrons. The molecule has 0 bridgehead atoms. The third-order valence-electron chi connectivity index (χ3n) is 1.69. The molecule has 0 radical (unpaired) electrons. The average molecular weight is 279 g/mol. The highest BCUT2D eigenvalue weighted by Gasteiger charge is 2.13. The first-order valence-corrected chi connectivity index (χ1v) is 5.96. The van der Waals surface area contributed by atoms with Crippen molar-refractivity contribution in [2.45, 2.75) is 6.42 Å². The van der Waals surface area contributed by atoms with Crippen LogP contribution in [0.1, 0.15) is 16.8 Å². The van der Waals surface area contributed by atoms with E-state index in [-0.39, 0.29) is 5.91 Å². The number of amides is 1. The molecule has 0 atom stereocenters. The highest BCUT2D eigenvalue weighted by Crippen LogP contribution is 2.30. The van der Waals surface area contributed by atoms with Crippen LogP contribution in [0.5, 0.6) is 0 Å². The zero-order valence-electron chi connectivity index (χ0n) is 8.11. The summed E-state index contributed by atoms with van der Waals surface area (Å²) in [6, 6.07) is 1.53. The number of halogens is 2. The molecule has 1 amide bonds. The Labute approximate surface area is 106 Å². The molecule has 1 aromatic heterocycles. The molecule has 0 saturated carbocycles. The highest BCUT2D eigenvalue weighted by molar-refractivity contribution is 7.20. The molecule has 0 unspecified atom stereocenters. The number of hydrogen-bond donors (Lipinski definition) is 1. The number of carbonyl (C=O) groups is 1. The molecule has 0 aliphatic rings. The van der Waals surface area contributed by atoms with Gasteiger partial charge in [-0.2, -0.15) is 0 Å². The van der Waals surface area contributed by atoms with Gasteiger partial charge in [0.05, 0.1) is 9.90 Å². The summed E-state index contributed by atoms with van der Waals surface area (Å²) in [6.45, 7) is 0.788. The minimum Gasteiger partial charge on any atom is -0.352 e. The maximum Gasteiger partial charge on any atom is 0.253 e. The van der Waals surface area contributed by atoms with Gasteiger partial charge in [0.2, 0.25) is 0 Å². The molecule has 8 heteroatoms. The summed E-state index contributed by atoms with van der Waals surface area (Å²) in [4.78, 5) is 14.2. The minimum atomic E-state index is -0.269. The number of nitrogens with one attached hydrogen (secondary N) is 1. The topological polar surface area (TPSA) is 77.9 Å². The first-order valence-electron chi connectivity index (χ1n) is 4.39. The van der Waals surface area contributed by atoms with Gasteiger partial charge in [0.1, 0.15) is 4.34 Å². The van der Waals surface area contributed by atoms with E-state index in [4.69, 9.17) is 28.7 Å². The van der Waals surface area contributed by atoms with Crippen molar-refractivity contribution in [3.63, 3.8) is 0 Å². The van der Waals surface area contributed by atoms with Crippen LogP contribution in [0.25, 0.3) is 10.4 Å². The van der Waals surface area contributed by atoms with Crippen LogP contribution >= 0.6 is 34.5 Å². The van der Waals surface area contributed by atoms with Crippen LogP contribution in [0, 0.1) is 0 Å². The summed E-state index contributed by atoms with van der Waals surface area (Å²) in [6.07, 6.45) is 0.589. The second-order valence-electron chi connectivity index (χ2n) is 2.80. The first-order chi connectivity index (χ1) is 7.65. The lowest BCUT2D eigenvalue weighted by molar-refractivity contribution is 0.0954. The normalized spacial score (nSPS) is 9.62. The van der Waals surface area contributed by atoms with Crippen LogP contribution in [0.15, 0.2) is 11.2 Å². The van der Waals surface area contributed by atoms with Crippen LogP contribution in [0.2, 0.25) is 8.67 Å². The molecule has 5 nitrogen and oxygen atoms in total. The van der Waals surface area contributed by atoms with Gasteiger partial charge in [-0.1, -0.05) is 28.3 Å². The molecular weight excluding hydrogens is 271 g/mol. The summed E-state index contributed by atoms with van der Waals surface area (Å²) in [5.41, 5.74) is 8.41. The zero-order valence-corrected chi connectivity index (χ0v) is 10.4. The predicted molar refractivity (Wildman–Crippen MR) is 65.3 cm³/mol. The van der Waals surface area contributed by atoms with E-state index in [0.29, 0.717) is 33.7 Å². The van der Waals surface area contributed by atoms with Crippen molar-refractivity contribution in [1.29, 1.82) is 0 Å². The number of nitrogens with zero attached hydrogens (tertiary/aromatic N) is 3. The van der Waals surface area contributed by atoms with Crippen LogP contribution in [0.4, 0.5) is 0 Å². The summed E-state index contributed by atoms with van der Waals surface area (Å²) in [5.74, 6) is -0.269. The van der Waals surface area contributed by atoms with E-state index >= 15 is 0 Å². The van der Waals surface area contributed by atoms with E-state index in [0.717, 1.165) is 11.3 Å². The van der Waals surface area contributed by atoms with Gasteiger partial charge in [-0.3, -0.25) is 4.79 Å². The monoisotopic (exact) mass is 278 g/mol. The van der Waals surface area contributed by atoms with Crippen molar-refractivity contribution in [3.8, 4) is 0 Å². The maximum atomic E-state index is 11.6. The lowest BCUT2D eigenvalue weighted by atomic mass is 10.3. The second-order valence-corrected chi connectivity index (χ2v) is 5.09. The van der Waals surface area contributed by atoms with Gasteiger partial charge in [-0.05, 0) is 18.0 Å². The molecule has 1 N–H and O–H groups in total. The highest BCUT2D eigenvalue weighted by atomic mass is 35.5. The largest absolute Gasteiger partial charge is 0.352 e. The Morgan fingerprint density at radius 3 is 2.94 bits per heavy atom. The minimum absolute atomic E-state index is 0.269. The van der Waals surface area contributed by atoms with Crippen molar-refractivity contribution in [2.75, 3.05) is 13.1 Å². The molecule has 0 aliphatic heterocycles. The molecule has 1 heterocycles. The quantitative estimate of drug-likeness (QED) is 0.381. The lowest BCUT2D eigenvalue weighted by Crippen LogP contribution is -2.24. The third-order valence-corrected chi connectivity index (χ3v) is 3.17. The lowest BCUT2D eigenvalue weighted by Gasteiger charge is -2.01. The maximum absolute atomic E-state index is 11.6. The third kappa shape index (κ3) is 3.90. The number of thiophene rings is 1. The Hall–Kier alpha value is -0.940. The molecule has 0 fully saturated rings. The van der Waals surface area contributed by atoms with E-state index in [2.05, 4.69) is 15.3 Å². The average Bonchev–Trinajstić information content (AvgIpc) is 2.57. The molecule has 0 spiro atoms. The fourth-order valence-corrected chi connectivity index (χ4v) is 2.45. The first kappa shape index (κ1) is 13.1. The molecule has 16 heavy (non-hydrogen) atoms. The van der Waals surface area contributed by atoms with Gasteiger partial charge in [0.15, 0.2) is 0 Å². The summed E-state index contributed by atoms with van der Waals surface area (Å²) in [7, 11) is 0.